The largest absolute Gasteiger partial charge is 0.296 e. The van der Waals surface area contributed by atoms with Crippen molar-refractivity contribution in [2.24, 2.45) is 5.92 Å². The van der Waals surface area contributed by atoms with Crippen LogP contribution >= 0.6 is 0 Å². The van der Waals surface area contributed by atoms with Gasteiger partial charge in [0.2, 0.25) is 0 Å². The van der Waals surface area contributed by atoms with Crippen LogP contribution in [0.5, 0.6) is 0 Å². The molecule has 0 spiro atoms. The number of rotatable bonds is 10. The molecule has 0 N–H and O–H groups in total. The normalized spacial score (nSPS) is 17.3. The molecule has 1 aliphatic carbocycles. The quantitative estimate of drug-likeness (QED) is 0.463. The van der Waals surface area contributed by atoms with Gasteiger partial charge in [0, 0.05) is 18.2 Å². The van der Waals surface area contributed by atoms with Crippen molar-refractivity contribution in [2.75, 3.05) is 6.54 Å². The fourth-order valence-corrected chi connectivity index (χ4v) is 4.67. The van der Waals surface area contributed by atoms with Gasteiger partial charge in [0.15, 0.2) is 0 Å². The predicted molar refractivity (Wildman–Crippen MR) is 117 cm³/mol. The molecule has 1 aliphatic rings. The van der Waals surface area contributed by atoms with Crippen molar-refractivity contribution in [1.82, 2.24) is 4.90 Å². The lowest BCUT2D eigenvalue weighted by molar-refractivity contribution is 0.151. The van der Waals surface area contributed by atoms with Crippen molar-refractivity contribution in [3.63, 3.8) is 0 Å². The van der Waals surface area contributed by atoms with E-state index in [1.54, 1.807) is 6.07 Å². The summed E-state index contributed by atoms with van der Waals surface area (Å²) in [6, 6.07) is 20.4. The molecule has 1 fully saturated rings. The van der Waals surface area contributed by atoms with Crippen LogP contribution < -0.4 is 0 Å². The van der Waals surface area contributed by atoms with Crippen LogP contribution in [0.1, 0.15) is 63.5 Å². The maximum Gasteiger partial charge on any atom is 0.128 e. The molecule has 2 nitrogen and oxygen atoms in total. The number of nitriles is 1. The van der Waals surface area contributed by atoms with Gasteiger partial charge in [-0.05, 0) is 63.1 Å². The van der Waals surface area contributed by atoms with Gasteiger partial charge in [0.1, 0.15) is 5.82 Å². The Bertz CT molecular complexity index is 809. The summed E-state index contributed by atoms with van der Waals surface area (Å²) in [6.07, 6.45) is 5.90. The molecule has 0 bridgehead atoms. The molecule has 154 valence electrons. The van der Waals surface area contributed by atoms with Crippen LogP contribution in [0.3, 0.4) is 0 Å². The second-order valence-electron chi connectivity index (χ2n) is 8.53. The van der Waals surface area contributed by atoms with Gasteiger partial charge >= 0.3 is 0 Å². The first kappa shape index (κ1) is 21.5. The van der Waals surface area contributed by atoms with Crippen molar-refractivity contribution in [3.05, 3.63) is 71.5 Å². The van der Waals surface area contributed by atoms with E-state index in [2.05, 4.69) is 49.1 Å². The third kappa shape index (κ3) is 4.87. The molecule has 29 heavy (non-hydrogen) atoms. The lowest BCUT2D eigenvalue weighted by Gasteiger charge is -2.42. The zero-order valence-electron chi connectivity index (χ0n) is 17.8. The van der Waals surface area contributed by atoms with E-state index in [4.69, 9.17) is 0 Å². The van der Waals surface area contributed by atoms with Gasteiger partial charge in [-0.15, -0.1) is 0 Å². The van der Waals surface area contributed by atoms with Gasteiger partial charge in [-0.2, -0.15) is 5.26 Å². The van der Waals surface area contributed by atoms with Crippen molar-refractivity contribution >= 4 is 0 Å². The molecule has 3 heteroatoms. The molecule has 2 aromatic rings. The van der Waals surface area contributed by atoms with Gasteiger partial charge in [0.05, 0.1) is 11.5 Å². The van der Waals surface area contributed by atoms with Crippen LogP contribution in [-0.4, -0.2) is 17.5 Å². The first-order chi connectivity index (χ1) is 14.1. The van der Waals surface area contributed by atoms with Crippen LogP contribution in [0.25, 0.3) is 0 Å². The number of hydrogen-bond acceptors (Lipinski definition) is 2. The average Bonchev–Trinajstić information content (AvgIpc) is 2.70. The highest BCUT2D eigenvalue weighted by Gasteiger charge is 2.45. The van der Waals surface area contributed by atoms with Crippen molar-refractivity contribution in [2.45, 2.75) is 70.4 Å². The third-order valence-corrected chi connectivity index (χ3v) is 6.68. The maximum atomic E-state index is 14.7. The minimum absolute atomic E-state index is 0.233. The standard InChI is InChI=1S/C26H33FN2/c1-3-18-29(19-22-10-5-4-6-11-22)21(2)16-17-26(20-28,23-12-9-13-23)24-14-7-8-15-25(24)27/h4-8,10-11,14-15,21,23H,3,9,12-13,16-19H2,1-2H3. The summed E-state index contributed by atoms with van der Waals surface area (Å²) in [7, 11) is 0. The average molecular weight is 393 g/mol. The molecule has 0 aromatic heterocycles. The predicted octanol–water partition coefficient (Wildman–Crippen LogP) is 6.47. The van der Waals surface area contributed by atoms with Gasteiger partial charge in [0.25, 0.3) is 0 Å². The van der Waals surface area contributed by atoms with Crippen molar-refractivity contribution in [1.29, 1.82) is 5.26 Å². The summed E-state index contributed by atoms with van der Waals surface area (Å²) < 4.78 is 14.7. The van der Waals surface area contributed by atoms with Crippen LogP contribution in [-0.2, 0) is 12.0 Å². The fraction of sp³-hybridized carbons (Fsp3) is 0.500. The van der Waals surface area contributed by atoms with E-state index in [-0.39, 0.29) is 11.7 Å². The first-order valence-electron chi connectivity index (χ1n) is 11.0. The van der Waals surface area contributed by atoms with Crippen LogP contribution in [0, 0.1) is 23.1 Å². The smallest absolute Gasteiger partial charge is 0.128 e. The molecule has 2 atom stereocenters. The lowest BCUT2D eigenvalue weighted by Crippen LogP contribution is -2.41. The monoisotopic (exact) mass is 392 g/mol. The Morgan fingerprint density at radius 3 is 2.41 bits per heavy atom. The molecule has 0 saturated heterocycles. The summed E-state index contributed by atoms with van der Waals surface area (Å²) in [5.74, 6) is 0.0358. The van der Waals surface area contributed by atoms with Gasteiger partial charge < -0.3 is 0 Å². The molecule has 0 aliphatic heterocycles. The molecule has 2 aromatic carbocycles. The first-order valence-corrected chi connectivity index (χ1v) is 11.0. The van der Waals surface area contributed by atoms with Crippen LogP contribution in [0.15, 0.2) is 54.6 Å². The Morgan fingerprint density at radius 2 is 1.83 bits per heavy atom. The van der Waals surface area contributed by atoms with Crippen LogP contribution in [0.4, 0.5) is 4.39 Å². The molecular formula is C26H33FN2. The lowest BCUT2D eigenvalue weighted by atomic mass is 9.60. The topological polar surface area (TPSA) is 27.0 Å². The number of nitrogens with zero attached hydrogens (tertiary/aromatic N) is 2. The zero-order valence-corrected chi connectivity index (χ0v) is 17.8. The zero-order chi connectivity index (χ0) is 20.7. The molecule has 1 saturated carbocycles. The highest BCUT2D eigenvalue weighted by atomic mass is 19.1. The van der Waals surface area contributed by atoms with E-state index >= 15 is 0 Å². The Balaban J connectivity index is 1.77. The van der Waals surface area contributed by atoms with Gasteiger partial charge in [-0.3, -0.25) is 4.90 Å². The summed E-state index contributed by atoms with van der Waals surface area (Å²) >= 11 is 0. The molecule has 0 heterocycles. The maximum absolute atomic E-state index is 14.7. The Kier molecular flexibility index (Phi) is 7.45. The SMILES string of the molecule is CCCN(Cc1ccccc1)C(C)CCC(C#N)(c1ccccc1F)C1CCC1. The molecule has 0 radical (unpaired) electrons. The second kappa shape index (κ2) is 10.0. The molecule has 2 unspecified atom stereocenters. The van der Waals surface area contributed by atoms with Crippen LogP contribution in [0.2, 0.25) is 0 Å². The molecule has 3 rings (SSSR count). The van der Waals surface area contributed by atoms with E-state index in [1.165, 1.54) is 11.6 Å². The number of hydrogen-bond donors (Lipinski definition) is 0. The van der Waals surface area contributed by atoms with E-state index in [0.29, 0.717) is 18.0 Å². The van der Waals surface area contributed by atoms with E-state index in [9.17, 15) is 9.65 Å². The summed E-state index contributed by atoms with van der Waals surface area (Å²) in [5, 5.41) is 10.2. The van der Waals surface area contributed by atoms with E-state index < -0.39 is 5.41 Å². The van der Waals surface area contributed by atoms with Gasteiger partial charge in [-0.25, -0.2) is 4.39 Å². The fourth-order valence-electron chi connectivity index (χ4n) is 4.67. The highest BCUT2D eigenvalue weighted by molar-refractivity contribution is 5.35. The third-order valence-electron chi connectivity index (χ3n) is 6.68. The molecule has 0 amide bonds. The minimum atomic E-state index is -0.706. The highest BCUT2D eigenvalue weighted by Crippen LogP contribution is 2.47. The Morgan fingerprint density at radius 1 is 1.14 bits per heavy atom. The van der Waals surface area contributed by atoms with Crippen molar-refractivity contribution in [3.8, 4) is 6.07 Å². The summed E-state index contributed by atoms with van der Waals surface area (Å²) in [5.41, 5.74) is 1.21. The Labute approximate surface area is 175 Å². The second-order valence-corrected chi connectivity index (χ2v) is 8.53. The summed E-state index contributed by atoms with van der Waals surface area (Å²) in [6.45, 7) is 6.40. The van der Waals surface area contributed by atoms with Crippen molar-refractivity contribution < 1.29 is 4.39 Å². The van der Waals surface area contributed by atoms with E-state index in [1.807, 2.05) is 18.2 Å². The number of halogens is 1. The van der Waals surface area contributed by atoms with Gasteiger partial charge in [-0.1, -0.05) is 61.9 Å². The summed E-state index contributed by atoms with van der Waals surface area (Å²) in [4.78, 5) is 2.50. The molecular weight excluding hydrogens is 359 g/mol. The minimum Gasteiger partial charge on any atom is -0.296 e. The Hall–Kier alpha value is -2.18. The van der Waals surface area contributed by atoms with E-state index in [0.717, 1.165) is 45.2 Å². The number of benzene rings is 2.